The second-order valence-electron chi connectivity index (χ2n) is 6.43. The number of para-hydroxylation sites is 1. The second kappa shape index (κ2) is 6.57. The molecule has 0 bridgehead atoms. The highest BCUT2D eigenvalue weighted by molar-refractivity contribution is 5.90. The van der Waals surface area contributed by atoms with Crippen LogP contribution in [0.15, 0.2) is 54.6 Å². The van der Waals surface area contributed by atoms with Gasteiger partial charge in [0.25, 0.3) is 0 Å². The summed E-state index contributed by atoms with van der Waals surface area (Å²) in [5, 5.41) is 14.3. The first kappa shape index (κ1) is 15.1. The SMILES string of the molecule is OC1CCC(Nc2nc(-c3ccccc3)nc3ccccc23)CC1. The summed E-state index contributed by atoms with van der Waals surface area (Å²) in [6.07, 6.45) is 3.50. The lowest BCUT2D eigenvalue weighted by Crippen LogP contribution is -2.28. The van der Waals surface area contributed by atoms with Gasteiger partial charge in [0.1, 0.15) is 5.82 Å². The van der Waals surface area contributed by atoms with Crippen LogP contribution in [0.4, 0.5) is 5.82 Å². The fourth-order valence-corrected chi connectivity index (χ4v) is 3.32. The Morgan fingerprint density at radius 2 is 1.54 bits per heavy atom. The van der Waals surface area contributed by atoms with E-state index in [9.17, 15) is 5.11 Å². The van der Waals surface area contributed by atoms with Crippen LogP contribution in [-0.2, 0) is 0 Å². The minimum absolute atomic E-state index is 0.148. The van der Waals surface area contributed by atoms with Gasteiger partial charge in [0.05, 0.1) is 11.6 Å². The van der Waals surface area contributed by atoms with Crippen LogP contribution in [0.5, 0.6) is 0 Å². The smallest absolute Gasteiger partial charge is 0.162 e. The lowest BCUT2D eigenvalue weighted by Gasteiger charge is -2.27. The van der Waals surface area contributed by atoms with E-state index < -0.39 is 0 Å². The number of nitrogens with one attached hydrogen (secondary N) is 1. The van der Waals surface area contributed by atoms with E-state index >= 15 is 0 Å². The Morgan fingerprint density at radius 1 is 0.833 bits per heavy atom. The fraction of sp³-hybridized carbons (Fsp3) is 0.300. The maximum Gasteiger partial charge on any atom is 0.162 e. The van der Waals surface area contributed by atoms with Gasteiger partial charge in [-0.25, -0.2) is 9.97 Å². The maximum atomic E-state index is 9.70. The third-order valence-corrected chi connectivity index (χ3v) is 4.67. The summed E-state index contributed by atoms with van der Waals surface area (Å²) in [5.41, 5.74) is 1.97. The third kappa shape index (κ3) is 3.10. The second-order valence-corrected chi connectivity index (χ2v) is 6.43. The van der Waals surface area contributed by atoms with Gasteiger partial charge in [-0.3, -0.25) is 0 Å². The molecule has 24 heavy (non-hydrogen) atoms. The maximum absolute atomic E-state index is 9.70. The minimum Gasteiger partial charge on any atom is -0.393 e. The molecule has 2 N–H and O–H groups in total. The first-order valence-corrected chi connectivity index (χ1v) is 8.56. The van der Waals surface area contributed by atoms with Crippen molar-refractivity contribution in [3.63, 3.8) is 0 Å². The van der Waals surface area contributed by atoms with Gasteiger partial charge in [-0.05, 0) is 37.8 Å². The van der Waals surface area contributed by atoms with Crippen molar-refractivity contribution in [1.29, 1.82) is 0 Å². The lowest BCUT2D eigenvalue weighted by atomic mass is 9.93. The van der Waals surface area contributed by atoms with E-state index in [1.807, 2.05) is 48.5 Å². The Balaban J connectivity index is 1.72. The monoisotopic (exact) mass is 319 g/mol. The van der Waals surface area contributed by atoms with E-state index in [1.165, 1.54) is 0 Å². The number of anilines is 1. The molecule has 4 nitrogen and oxygen atoms in total. The Bertz CT molecular complexity index is 827. The minimum atomic E-state index is -0.148. The molecule has 1 fully saturated rings. The van der Waals surface area contributed by atoms with Gasteiger partial charge >= 0.3 is 0 Å². The average Bonchev–Trinajstić information content (AvgIpc) is 2.64. The highest BCUT2D eigenvalue weighted by Crippen LogP contribution is 2.28. The van der Waals surface area contributed by atoms with Crippen molar-refractivity contribution in [2.24, 2.45) is 0 Å². The molecule has 0 aliphatic heterocycles. The van der Waals surface area contributed by atoms with Crippen LogP contribution in [0, 0.1) is 0 Å². The van der Waals surface area contributed by atoms with Gasteiger partial charge in [-0.1, -0.05) is 42.5 Å². The molecule has 122 valence electrons. The number of rotatable bonds is 3. The average molecular weight is 319 g/mol. The molecule has 1 saturated carbocycles. The van der Waals surface area contributed by atoms with E-state index in [1.54, 1.807) is 0 Å². The fourth-order valence-electron chi connectivity index (χ4n) is 3.32. The number of aromatic nitrogens is 2. The van der Waals surface area contributed by atoms with Crippen molar-refractivity contribution in [2.75, 3.05) is 5.32 Å². The molecular formula is C20H21N3O. The molecule has 1 aliphatic carbocycles. The van der Waals surface area contributed by atoms with Crippen molar-refractivity contribution < 1.29 is 5.11 Å². The van der Waals surface area contributed by atoms with E-state index in [2.05, 4.69) is 11.4 Å². The molecule has 1 aromatic heterocycles. The predicted molar refractivity (Wildman–Crippen MR) is 96.9 cm³/mol. The van der Waals surface area contributed by atoms with E-state index in [0.29, 0.717) is 6.04 Å². The summed E-state index contributed by atoms with van der Waals surface area (Å²) in [4.78, 5) is 9.52. The number of aliphatic hydroxyl groups is 1. The van der Waals surface area contributed by atoms with Crippen molar-refractivity contribution >= 4 is 16.7 Å². The lowest BCUT2D eigenvalue weighted by molar-refractivity contribution is 0.126. The van der Waals surface area contributed by atoms with E-state index in [0.717, 1.165) is 53.8 Å². The van der Waals surface area contributed by atoms with Crippen LogP contribution < -0.4 is 5.32 Å². The van der Waals surface area contributed by atoms with Gasteiger partial charge in [-0.2, -0.15) is 0 Å². The largest absolute Gasteiger partial charge is 0.393 e. The summed E-state index contributed by atoms with van der Waals surface area (Å²) < 4.78 is 0. The quantitative estimate of drug-likeness (QED) is 0.766. The molecule has 0 amide bonds. The zero-order valence-corrected chi connectivity index (χ0v) is 13.5. The first-order chi connectivity index (χ1) is 11.8. The molecule has 1 heterocycles. The van der Waals surface area contributed by atoms with Crippen LogP contribution in [0.3, 0.4) is 0 Å². The molecule has 0 atom stereocenters. The molecule has 4 heteroatoms. The summed E-state index contributed by atoms with van der Waals surface area (Å²) in [6, 6.07) is 18.5. The molecule has 4 rings (SSSR count). The number of nitrogens with zero attached hydrogens (tertiary/aromatic N) is 2. The van der Waals surface area contributed by atoms with Crippen LogP contribution in [0.2, 0.25) is 0 Å². The standard InChI is InChI=1S/C20H21N3O/c24-16-12-10-15(11-13-16)21-20-17-8-4-5-9-18(17)22-19(23-20)14-6-2-1-3-7-14/h1-9,15-16,24H,10-13H2,(H,21,22,23). The van der Waals surface area contributed by atoms with Crippen molar-refractivity contribution in [1.82, 2.24) is 9.97 Å². The first-order valence-electron chi connectivity index (χ1n) is 8.56. The zero-order valence-electron chi connectivity index (χ0n) is 13.5. The molecule has 0 spiro atoms. The van der Waals surface area contributed by atoms with Crippen molar-refractivity contribution in [3.05, 3.63) is 54.6 Å². The Hall–Kier alpha value is -2.46. The Kier molecular flexibility index (Phi) is 4.13. The highest BCUT2D eigenvalue weighted by atomic mass is 16.3. The summed E-state index contributed by atoms with van der Waals surface area (Å²) in [6.45, 7) is 0. The molecule has 3 aromatic rings. The van der Waals surface area contributed by atoms with Crippen LogP contribution in [-0.4, -0.2) is 27.2 Å². The van der Waals surface area contributed by atoms with Crippen LogP contribution in [0.25, 0.3) is 22.3 Å². The zero-order chi connectivity index (χ0) is 16.4. The molecule has 2 aromatic carbocycles. The number of benzene rings is 2. The number of aliphatic hydroxyl groups excluding tert-OH is 1. The summed E-state index contributed by atoms with van der Waals surface area (Å²) in [7, 11) is 0. The van der Waals surface area contributed by atoms with Gasteiger partial charge in [0.2, 0.25) is 0 Å². The van der Waals surface area contributed by atoms with E-state index in [-0.39, 0.29) is 6.10 Å². The number of hydrogen-bond donors (Lipinski definition) is 2. The Morgan fingerprint density at radius 3 is 2.33 bits per heavy atom. The van der Waals surface area contributed by atoms with Crippen molar-refractivity contribution in [2.45, 2.75) is 37.8 Å². The normalized spacial score (nSPS) is 20.9. The molecule has 0 radical (unpaired) electrons. The Labute approximate surface area is 141 Å². The van der Waals surface area contributed by atoms with Crippen LogP contribution >= 0.6 is 0 Å². The van der Waals surface area contributed by atoms with Crippen LogP contribution in [0.1, 0.15) is 25.7 Å². The molecule has 1 aliphatic rings. The highest BCUT2D eigenvalue weighted by Gasteiger charge is 2.20. The van der Waals surface area contributed by atoms with Gasteiger partial charge in [0.15, 0.2) is 5.82 Å². The van der Waals surface area contributed by atoms with Gasteiger partial charge in [0, 0.05) is 17.0 Å². The predicted octanol–water partition coefficient (Wildman–Crippen LogP) is 4.01. The summed E-state index contributed by atoms with van der Waals surface area (Å²) >= 11 is 0. The molecule has 0 unspecified atom stereocenters. The topological polar surface area (TPSA) is 58.0 Å². The van der Waals surface area contributed by atoms with E-state index in [4.69, 9.17) is 9.97 Å². The number of fused-ring (bicyclic) bond motifs is 1. The van der Waals surface area contributed by atoms with Gasteiger partial charge < -0.3 is 10.4 Å². The van der Waals surface area contributed by atoms with Gasteiger partial charge in [-0.15, -0.1) is 0 Å². The molecule has 0 saturated heterocycles. The number of hydrogen-bond acceptors (Lipinski definition) is 4. The molecular weight excluding hydrogens is 298 g/mol. The van der Waals surface area contributed by atoms with Crippen molar-refractivity contribution in [3.8, 4) is 11.4 Å². The third-order valence-electron chi connectivity index (χ3n) is 4.67. The summed E-state index contributed by atoms with van der Waals surface area (Å²) in [5.74, 6) is 1.63.